The van der Waals surface area contributed by atoms with Crippen LogP contribution in [0.2, 0.25) is 0 Å². The van der Waals surface area contributed by atoms with Gasteiger partial charge in [0.05, 0.1) is 4.90 Å². The van der Waals surface area contributed by atoms with Crippen molar-refractivity contribution in [3.63, 3.8) is 0 Å². The monoisotopic (exact) mass is 397 g/mol. The lowest BCUT2D eigenvalue weighted by molar-refractivity contribution is -0.157. The van der Waals surface area contributed by atoms with Crippen LogP contribution in [0.3, 0.4) is 0 Å². The highest BCUT2D eigenvalue weighted by Gasteiger charge is 2.41. The number of hydrogen-bond donors (Lipinski definition) is 2. The van der Waals surface area contributed by atoms with Crippen molar-refractivity contribution in [3.8, 4) is 0 Å². The fourth-order valence-corrected chi connectivity index (χ4v) is 4.34. The van der Waals surface area contributed by atoms with Gasteiger partial charge in [0.2, 0.25) is 10.0 Å². The van der Waals surface area contributed by atoms with Gasteiger partial charge in [-0.05, 0) is 38.8 Å². The molecule has 2 N–H and O–H groups in total. The van der Waals surface area contributed by atoms with Crippen molar-refractivity contribution >= 4 is 27.9 Å². The summed E-state index contributed by atoms with van der Waals surface area (Å²) in [5.74, 6) is -1.61. The number of urea groups is 1. The first-order valence-corrected chi connectivity index (χ1v) is 9.92. The van der Waals surface area contributed by atoms with Crippen molar-refractivity contribution in [1.29, 1.82) is 0 Å². The minimum absolute atomic E-state index is 0.0956. The zero-order chi connectivity index (χ0) is 20.2. The zero-order valence-electron chi connectivity index (χ0n) is 15.4. The maximum absolute atomic E-state index is 12.9. The first kappa shape index (κ1) is 20.8. The van der Waals surface area contributed by atoms with Crippen molar-refractivity contribution in [3.05, 3.63) is 29.8 Å². The van der Waals surface area contributed by atoms with E-state index in [4.69, 9.17) is 4.74 Å². The van der Waals surface area contributed by atoms with Crippen LogP contribution < -0.4 is 10.6 Å². The lowest BCUT2D eigenvalue weighted by atomic mass is 10.2. The van der Waals surface area contributed by atoms with Crippen molar-refractivity contribution in [2.75, 3.05) is 13.6 Å². The lowest BCUT2D eigenvalue weighted by Gasteiger charge is -2.24. The van der Waals surface area contributed by atoms with Gasteiger partial charge in [0.25, 0.3) is 5.91 Å². The molecule has 9 nitrogen and oxygen atoms in total. The van der Waals surface area contributed by atoms with E-state index >= 15 is 0 Å². The summed E-state index contributed by atoms with van der Waals surface area (Å²) in [5, 5.41) is 4.21. The van der Waals surface area contributed by atoms with Gasteiger partial charge < -0.3 is 10.1 Å². The van der Waals surface area contributed by atoms with Crippen molar-refractivity contribution in [1.82, 2.24) is 14.9 Å². The van der Waals surface area contributed by atoms with Crippen LogP contribution in [0.4, 0.5) is 4.79 Å². The SMILES string of the molecule is CNC(=O)NC(=O)[C@@H](C)OC(=O)[C@@H]1CCCN1S(=O)(=O)c1ccc(C)cc1. The molecule has 1 heterocycles. The molecule has 0 radical (unpaired) electrons. The Kier molecular flexibility index (Phi) is 6.55. The molecule has 0 aliphatic carbocycles. The van der Waals surface area contributed by atoms with Gasteiger partial charge in [-0.3, -0.25) is 14.9 Å². The minimum atomic E-state index is -3.86. The average molecular weight is 397 g/mol. The molecular formula is C17H23N3O6S. The van der Waals surface area contributed by atoms with Gasteiger partial charge in [0.1, 0.15) is 6.04 Å². The first-order chi connectivity index (χ1) is 12.7. The molecule has 0 saturated carbocycles. The molecular weight excluding hydrogens is 374 g/mol. The third-order valence-corrected chi connectivity index (χ3v) is 6.15. The summed E-state index contributed by atoms with van der Waals surface area (Å²) < 4.78 is 31.9. The van der Waals surface area contributed by atoms with E-state index in [1.165, 1.54) is 26.1 Å². The smallest absolute Gasteiger partial charge is 0.325 e. The highest BCUT2D eigenvalue weighted by molar-refractivity contribution is 7.89. The van der Waals surface area contributed by atoms with Crippen LogP contribution in [-0.2, 0) is 24.3 Å². The molecule has 0 aromatic heterocycles. The van der Waals surface area contributed by atoms with Crippen LogP contribution in [0.25, 0.3) is 0 Å². The number of imide groups is 1. The van der Waals surface area contributed by atoms with Gasteiger partial charge in [-0.15, -0.1) is 0 Å². The van der Waals surface area contributed by atoms with E-state index in [2.05, 4.69) is 5.32 Å². The van der Waals surface area contributed by atoms with Gasteiger partial charge in [0, 0.05) is 13.6 Å². The van der Waals surface area contributed by atoms with Crippen LogP contribution in [0.1, 0.15) is 25.3 Å². The summed E-state index contributed by atoms with van der Waals surface area (Å²) in [6.45, 7) is 3.34. The van der Waals surface area contributed by atoms with Crippen LogP contribution in [0.15, 0.2) is 29.2 Å². The number of rotatable bonds is 5. The molecule has 10 heteroatoms. The number of ether oxygens (including phenoxy) is 1. The number of benzene rings is 1. The van der Waals surface area contributed by atoms with Crippen LogP contribution >= 0.6 is 0 Å². The maximum atomic E-state index is 12.9. The Morgan fingerprint density at radius 1 is 1.22 bits per heavy atom. The van der Waals surface area contributed by atoms with E-state index in [0.717, 1.165) is 9.87 Å². The molecule has 1 aromatic carbocycles. The number of amides is 3. The molecule has 3 amide bonds. The number of carbonyl (C=O) groups excluding carboxylic acids is 3. The number of esters is 1. The standard InChI is InChI=1S/C17H23N3O6S/c1-11-6-8-13(9-7-11)27(24,25)20-10-4-5-14(20)16(22)26-12(2)15(21)19-17(23)18-3/h6-9,12,14H,4-5,10H2,1-3H3,(H2,18,19,21,23)/t12-,14+/m1/s1. The lowest BCUT2D eigenvalue weighted by Crippen LogP contribution is -2.46. The van der Waals surface area contributed by atoms with Crippen LogP contribution in [0, 0.1) is 6.92 Å². The van der Waals surface area contributed by atoms with Gasteiger partial charge in [-0.25, -0.2) is 13.2 Å². The summed E-state index contributed by atoms with van der Waals surface area (Å²) in [5.41, 5.74) is 0.919. The molecule has 0 unspecified atom stereocenters. The van der Waals surface area contributed by atoms with Gasteiger partial charge in [0.15, 0.2) is 6.10 Å². The molecule has 0 bridgehead atoms. The fraction of sp³-hybridized carbons (Fsp3) is 0.471. The Morgan fingerprint density at radius 2 is 1.85 bits per heavy atom. The summed E-state index contributed by atoms with van der Waals surface area (Å²) in [6, 6.07) is 4.61. The Balaban J connectivity index is 2.10. The molecule has 1 saturated heterocycles. The predicted molar refractivity (Wildman–Crippen MR) is 96.2 cm³/mol. The molecule has 0 spiro atoms. The van der Waals surface area contributed by atoms with E-state index < -0.39 is 40.1 Å². The number of carbonyl (C=O) groups is 3. The molecule has 2 atom stereocenters. The summed E-state index contributed by atoms with van der Waals surface area (Å²) in [6.07, 6.45) is -0.434. The van der Waals surface area contributed by atoms with Gasteiger partial charge in [-0.1, -0.05) is 17.7 Å². The van der Waals surface area contributed by atoms with E-state index in [-0.39, 0.29) is 11.4 Å². The van der Waals surface area contributed by atoms with Gasteiger partial charge in [-0.2, -0.15) is 4.31 Å². The third kappa shape index (κ3) is 4.83. The van der Waals surface area contributed by atoms with Crippen molar-refractivity contribution < 1.29 is 27.5 Å². The molecule has 2 rings (SSSR count). The number of nitrogens with one attached hydrogen (secondary N) is 2. The molecule has 1 aromatic rings. The second kappa shape index (κ2) is 8.49. The summed E-state index contributed by atoms with van der Waals surface area (Å²) in [7, 11) is -2.52. The van der Waals surface area contributed by atoms with E-state index in [1.54, 1.807) is 12.1 Å². The average Bonchev–Trinajstić information content (AvgIpc) is 3.12. The topological polar surface area (TPSA) is 122 Å². The predicted octanol–water partition coefficient (Wildman–Crippen LogP) is 0.535. The Hall–Kier alpha value is -2.46. The zero-order valence-corrected chi connectivity index (χ0v) is 16.2. The molecule has 1 fully saturated rings. The highest BCUT2D eigenvalue weighted by Crippen LogP contribution is 2.27. The Morgan fingerprint density at radius 3 is 2.44 bits per heavy atom. The van der Waals surface area contributed by atoms with Crippen molar-refractivity contribution in [2.24, 2.45) is 0 Å². The number of nitrogens with zero attached hydrogens (tertiary/aromatic N) is 1. The molecule has 1 aliphatic rings. The first-order valence-electron chi connectivity index (χ1n) is 8.48. The van der Waals surface area contributed by atoms with E-state index in [0.29, 0.717) is 12.8 Å². The summed E-state index contributed by atoms with van der Waals surface area (Å²) in [4.78, 5) is 35.5. The minimum Gasteiger partial charge on any atom is -0.451 e. The third-order valence-electron chi connectivity index (χ3n) is 4.23. The quantitative estimate of drug-likeness (QED) is 0.699. The second-order valence-corrected chi connectivity index (χ2v) is 8.12. The largest absolute Gasteiger partial charge is 0.451 e. The molecule has 148 valence electrons. The van der Waals surface area contributed by atoms with Crippen molar-refractivity contribution in [2.45, 2.75) is 43.7 Å². The number of hydrogen-bond acceptors (Lipinski definition) is 6. The van der Waals surface area contributed by atoms with E-state index in [9.17, 15) is 22.8 Å². The number of aryl methyl sites for hydroxylation is 1. The fourth-order valence-electron chi connectivity index (χ4n) is 2.69. The highest BCUT2D eigenvalue weighted by atomic mass is 32.2. The maximum Gasteiger partial charge on any atom is 0.325 e. The molecule has 1 aliphatic heterocycles. The van der Waals surface area contributed by atoms with E-state index in [1.807, 2.05) is 12.2 Å². The summed E-state index contributed by atoms with van der Waals surface area (Å²) >= 11 is 0. The molecule has 27 heavy (non-hydrogen) atoms. The van der Waals surface area contributed by atoms with Crippen LogP contribution in [0.5, 0.6) is 0 Å². The normalized spacial score (nSPS) is 18.6. The Labute approximate surface area is 158 Å². The van der Waals surface area contributed by atoms with Gasteiger partial charge >= 0.3 is 12.0 Å². The number of sulfonamides is 1. The van der Waals surface area contributed by atoms with Crippen LogP contribution in [-0.4, -0.2) is 56.4 Å². The second-order valence-electron chi connectivity index (χ2n) is 6.23. The Bertz CT molecular complexity index is 822.